The highest BCUT2D eigenvalue weighted by atomic mass is 32.2. The van der Waals surface area contributed by atoms with Gasteiger partial charge in [-0.05, 0) is 47.2 Å². The van der Waals surface area contributed by atoms with Crippen molar-refractivity contribution in [3.05, 3.63) is 58.8 Å². The van der Waals surface area contributed by atoms with Crippen molar-refractivity contribution < 1.29 is 12.8 Å². The van der Waals surface area contributed by atoms with E-state index in [1.54, 1.807) is 25.1 Å². The lowest BCUT2D eigenvalue weighted by Gasteiger charge is -2.13. The first-order chi connectivity index (χ1) is 12.4. The molecule has 0 saturated carbocycles. The maximum absolute atomic E-state index is 12.7. The molecule has 0 radical (unpaired) electrons. The van der Waals surface area contributed by atoms with Gasteiger partial charge in [0.15, 0.2) is 5.58 Å². The molecule has 0 atom stereocenters. The topological polar surface area (TPSA) is 136 Å². The molecule has 2 aromatic carbocycles. The fourth-order valence-corrected chi connectivity index (χ4v) is 3.69. The Hall–Kier alpha value is -3.47. The molecule has 26 heavy (non-hydrogen) atoms. The molecular formula is C15H12N6O4S. The summed E-state index contributed by atoms with van der Waals surface area (Å²) in [6, 6.07) is 9.24. The first-order valence-corrected chi connectivity index (χ1v) is 8.91. The van der Waals surface area contributed by atoms with E-state index in [0.717, 1.165) is 0 Å². The molecule has 10 nitrogen and oxygen atoms in total. The van der Waals surface area contributed by atoms with Gasteiger partial charge in [0.05, 0.1) is 21.8 Å². The predicted octanol–water partition coefficient (Wildman–Crippen LogP) is 1.21. The Kier molecular flexibility index (Phi) is 3.58. The molecule has 132 valence electrons. The summed E-state index contributed by atoms with van der Waals surface area (Å²) in [4.78, 5) is 13.7. The summed E-state index contributed by atoms with van der Waals surface area (Å²) >= 11 is 0. The van der Waals surface area contributed by atoms with Crippen LogP contribution in [0.3, 0.4) is 0 Å². The van der Waals surface area contributed by atoms with Gasteiger partial charge in [0.1, 0.15) is 6.33 Å². The third kappa shape index (κ3) is 2.73. The number of anilines is 1. The number of nitrogens with zero attached hydrogens (tertiary/aromatic N) is 4. The first kappa shape index (κ1) is 16.0. The summed E-state index contributed by atoms with van der Waals surface area (Å²) in [6.07, 6.45) is 1.42. The Labute approximate surface area is 146 Å². The standard InChI is InChI=1S/C15H12N6O4S/c1-9-11(3-2-4-13(9)21-8-16-19-20-21)18-26(23,24)10-5-6-12-14(7-10)25-15(22)17-12/h2-8,18H,1H3,(H,17,22). The van der Waals surface area contributed by atoms with Crippen LogP contribution in [0.2, 0.25) is 0 Å². The monoisotopic (exact) mass is 372 g/mol. The largest absolute Gasteiger partial charge is 0.417 e. The fourth-order valence-electron chi connectivity index (χ4n) is 2.55. The summed E-state index contributed by atoms with van der Waals surface area (Å²) in [5.74, 6) is -0.646. The minimum Gasteiger partial charge on any atom is -0.408 e. The van der Waals surface area contributed by atoms with Crippen molar-refractivity contribution in [2.45, 2.75) is 11.8 Å². The molecule has 2 N–H and O–H groups in total. The summed E-state index contributed by atoms with van der Waals surface area (Å²) in [5.41, 5.74) is 2.26. The Morgan fingerprint density at radius 2 is 2.08 bits per heavy atom. The Bertz CT molecular complexity index is 1260. The second-order valence-electron chi connectivity index (χ2n) is 5.48. The van der Waals surface area contributed by atoms with Crippen LogP contribution in [0.1, 0.15) is 5.56 Å². The molecule has 0 unspecified atom stereocenters. The number of aromatic amines is 1. The number of H-pyrrole nitrogens is 1. The smallest absolute Gasteiger partial charge is 0.408 e. The lowest BCUT2D eigenvalue weighted by molar-refractivity contribution is 0.554. The van der Waals surface area contributed by atoms with Gasteiger partial charge in [-0.2, -0.15) is 0 Å². The Morgan fingerprint density at radius 1 is 1.23 bits per heavy atom. The van der Waals surface area contributed by atoms with Crippen LogP contribution in [0.25, 0.3) is 16.8 Å². The minimum absolute atomic E-state index is 0.0278. The van der Waals surface area contributed by atoms with Crippen molar-refractivity contribution in [1.82, 2.24) is 25.2 Å². The summed E-state index contributed by atoms with van der Waals surface area (Å²) < 4.78 is 34.3. The zero-order valence-electron chi connectivity index (χ0n) is 13.4. The molecule has 0 aliphatic carbocycles. The van der Waals surface area contributed by atoms with E-state index in [1.807, 2.05) is 0 Å². The molecular weight excluding hydrogens is 360 g/mol. The van der Waals surface area contributed by atoms with Gasteiger partial charge in [0, 0.05) is 6.07 Å². The quantitative estimate of drug-likeness (QED) is 0.549. The number of tetrazole rings is 1. The van der Waals surface area contributed by atoms with E-state index in [9.17, 15) is 13.2 Å². The molecule has 0 aliphatic heterocycles. The molecule has 4 aromatic rings. The number of aromatic nitrogens is 5. The maximum Gasteiger partial charge on any atom is 0.417 e. The molecule has 0 spiro atoms. The van der Waals surface area contributed by atoms with Crippen LogP contribution in [0, 0.1) is 6.92 Å². The van der Waals surface area contributed by atoms with Crippen molar-refractivity contribution in [1.29, 1.82) is 0 Å². The third-order valence-corrected chi connectivity index (χ3v) is 5.21. The van der Waals surface area contributed by atoms with E-state index in [0.29, 0.717) is 22.5 Å². The van der Waals surface area contributed by atoms with Crippen molar-refractivity contribution in [3.8, 4) is 5.69 Å². The number of hydrogen-bond donors (Lipinski definition) is 2. The van der Waals surface area contributed by atoms with E-state index in [-0.39, 0.29) is 10.5 Å². The number of fused-ring (bicyclic) bond motifs is 1. The molecule has 0 fully saturated rings. The van der Waals surface area contributed by atoms with E-state index in [2.05, 4.69) is 25.2 Å². The molecule has 11 heteroatoms. The van der Waals surface area contributed by atoms with Gasteiger partial charge in [-0.1, -0.05) is 6.07 Å². The average Bonchev–Trinajstić information content (AvgIpc) is 3.24. The zero-order chi connectivity index (χ0) is 18.3. The van der Waals surface area contributed by atoms with Gasteiger partial charge in [-0.3, -0.25) is 9.71 Å². The van der Waals surface area contributed by atoms with Crippen LogP contribution in [-0.4, -0.2) is 33.6 Å². The molecule has 2 aromatic heterocycles. The lowest BCUT2D eigenvalue weighted by Crippen LogP contribution is -2.14. The van der Waals surface area contributed by atoms with Gasteiger partial charge in [0.25, 0.3) is 10.0 Å². The zero-order valence-corrected chi connectivity index (χ0v) is 14.2. The van der Waals surface area contributed by atoms with Crippen molar-refractivity contribution >= 4 is 26.8 Å². The lowest BCUT2D eigenvalue weighted by atomic mass is 10.1. The highest BCUT2D eigenvalue weighted by Crippen LogP contribution is 2.25. The van der Waals surface area contributed by atoms with Crippen molar-refractivity contribution in [2.24, 2.45) is 0 Å². The van der Waals surface area contributed by atoms with Crippen molar-refractivity contribution in [2.75, 3.05) is 4.72 Å². The highest BCUT2D eigenvalue weighted by Gasteiger charge is 2.18. The average molecular weight is 372 g/mol. The van der Waals surface area contributed by atoms with Gasteiger partial charge in [0.2, 0.25) is 0 Å². The predicted molar refractivity (Wildman–Crippen MR) is 91.5 cm³/mol. The summed E-state index contributed by atoms with van der Waals surface area (Å²) in [7, 11) is -3.89. The number of benzene rings is 2. The van der Waals surface area contributed by atoms with E-state index in [4.69, 9.17) is 4.42 Å². The normalized spacial score (nSPS) is 11.7. The fraction of sp³-hybridized carbons (Fsp3) is 0.0667. The van der Waals surface area contributed by atoms with Crippen LogP contribution < -0.4 is 10.5 Å². The summed E-state index contributed by atoms with van der Waals surface area (Å²) in [6.45, 7) is 1.75. The maximum atomic E-state index is 12.7. The molecule has 4 rings (SSSR count). The van der Waals surface area contributed by atoms with Gasteiger partial charge in [-0.15, -0.1) is 5.10 Å². The van der Waals surface area contributed by atoms with E-state index in [1.165, 1.54) is 29.2 Å². The molecule has 0 bridgehead atoms. The SMILES string of the molecule is Cc1c(NS(=O)(=O)c2ccc3[nH]c(=O)oc3c2)cccc1-n1cnnn1. The third-order valence-electron chi connectivity index (χ3n) is 3.85. The van der Waals surface area contributed by atoms with Crippen molar-refractivity contribution in [3.63, 3.8) is 0 Å². The molecule has 2 heterocycles. The van der Waals surface area contributed by atoms with Crippen LogP contribution in [-0.2, 0) is 10.0 Å². The Balaban J connectivity index is 1.73. The number of nitrogens with one attached hydrogen (secondary N) is 2. The molecule has 0 saturated heterocycles. The van der Waals surface area contributed by atoms with Gasteiger partial charge < -0.3 is 4.42 Å². The number of sulfonamides is 1. The van der Waals surface area contributed by atoms with Crippen LogP contribution in [0.5, 0.6) is 0 Å². The highest BCUT2D eigenvalue weighted by molar-refractivity contribution is 7.92. The number of oxazole rings is 1. The van der Waals surface area contributed by atoms with E-state index < -0.39 is 15.8 Å². The second kappa shape index (κ2) is 5.81. The molecule has 0 aliphatic rings. The van der Waals surface area contributed by atoms with Gasteiger partial charge >= 0.3 is 5.76 Å². The minimum atomic E-state index is -3.89. The van der Waals surface area contributed by atoms with Gasteiger partial charge in [-0.25, -0.2) is 17.9 Å². The molecule has 0 amide bonds. The second-order valence-corrected chi connectivity index (χ2v) is 7.16. The first-order valence-electron chi connectivity index (χ1n) is 7.43. The summed E-state index contributed by atoms with van der Waals surface area (Å²) in [5, 5.41) is 11.0. The van der Waals surface area contributed by atoms with Crippen LogP contribution in [0.15, 0.2) is 56.8 Å². The number of hydrogen-bond acceptors (Lipinski definition) is 7. The van der Waals surface area contributed by atoms with Crippen LogP contribution >= 0.6 is 0 Å². The Morgan fingerprint density at radius 3 is 2.85 bits per heavy atom. The van der Waals surface area contributed by atoms with E-state index >= 15 is 0 Å². The number of rotatable bonds is 4. The van der Waals surface area contributed by atoms with Crippen LogP contribution in [0.4, 0.5) is 5.69 Å².